The van der Waals surface area contributed by atoms with E-state index >= 15 is 0 Å². The van der Waals surface area contributed by atoms with Gasteiger partial charge in [0, 0.05) is 0 Å². The van der Waals surface area contributed by atoms with Crippen molar-refractivity contribution >= 4 is 0 Å². The van der Waals surface area contributed by atoms with Crippen molar-refractivity contribution in [2.45, 2.75) is 46.5 Å². The van der Waals surface area contributed by atoms with E-state index in [0.29, 0.717) is 17.6 Å². The number of rotatable bonds is 2. The van der Waals surface area contributed by atoms with E-state index in [2.05, 4.69) is 46.8 Å². The van der Waals surface area contributed by atoms with Crippen LogP contribution in [0.4, 0.5) is 0 Å². The highest BCUT2D eigenvalue weighted by atomic mass is 16.3. The van der Waals surface area contributed by atoms with Crippen molar-refractivity contribution in [3.05, 3.63) is 28.8 Å². The Bertz CT molecular complexity index is 295. The van der Waals surface area contributed by atoms with Gasteiger partial charge in [-0.1, -0.05) is 45.4 Å². The molecule has 0 saturated carbocycles. The summed E-state index contributed by atoms with van der Waals surface area (Å²) in [6, 6.07) is 4.15. The standard InChI is InChI=1S/C13H20O/c1-8(2)11-6-10(5)7-12(9(3)4)13(11)14/h6-9,14H,1-5H3. The van der Waals surface area contributed by atoms with Crippen molar-refractivity contribution < 1.29 is 5.11 Å². The minimum atomic E-state index is 0.382. The van der Waals surface area contributed by atoms with E-state index in [-0.39, 0.29) is 0 Å². The molecule has 78 valence electrons. The molecule has 0 atom stereocenters. The van der Waals surface area contributed by atoms with Gasteiger partial charge in [-0.05, 0) is 29.9 Å². The first-order chi connectivity index (χ1) is 6.43. The molecule has 0 aliphatic carbocycles. The number of hydrogen-bond acceptors (Lipinski definition) is 1. The maximum atomic E-state index is 10.1. The number of benzene rings is 1. The molecule has 0 spiro atoms. The Kier molecular flexibility index (Phi) is 3.20. The Morgan fingerprint density at radius 3 is 1.57 bits per heavy atom. The molecule has 0 bridgehead atoms. The van der Waals surface area contributed by atoms with Crippen LogP contribution in [-0.2, 0) is 0 Å². The first kappa shape index (κ1) is 11.1. The van der Waals surface area contributed by atoms with Gasteiger partial charge >= 0.3 is 0 Å². The Morgan fingerprint density at radius 2 is 1.29 bits per heavy atom. The van der Waals surface area contributed by atoms with Crippen molar-refractivity contribution in [1.82, 2.24) is 0 Å². The van der Waals surface area contributed by atoms with Crippen molar-refractivity contribution in [2.75, 3.05) is 0 Å². The van der Waals surface area contributed by atoms with E-state index in [1.165, 1.54) is 5.56 Å². The Morgan fingerprint density at radius 1 is 0.929 bits per heavy atom. The summed E-state index contributed by atoms with van der Waals surface area (Å²) in [6.07, 6.45) is 0. The molecule has 0 aromatic heterocycles. The zero-order chi connectivity index (χ0) is 10.9. The van der Waals surface area contributed by atoms with E-state index < -0.39 is 0 Å². The van der Waals surface area contributed by atoms with Crippen LogP contribution in [0.2, 0.25) is 0 Å². The zero-order valence-electron chi connectivity index (χ0n) is 9.76. The van der Waals surface area contributed by atoms with Gasteiger partial charge in [0.1, 0.15) is 5.75 Å². The molecule has 0 aliphatic heterocycles. The van der Waals surface area contributed by atoms with E-state index in [4.69, 9.17) is 0 Å². The molecule has 14 heavy (non-hydrogen) atoms. The van der Waals surface area contributed by atoms with Gasteiger partial charge in [0.05, 0.1) is 0 Å². The largest absolute Gasteiger partial charge is 0.507 e. The van der Waals surface area contributed by atoms with Gasteiger partial charge in [-0.25, -0.2) is 0 Å². The van der Waals surface area contributed by atoms with Crippen LogP contribution in [0, 0.1) is 6.92 Å². The monoisotopic (exact) mass is 192 g/mol. The molecule has 1 rings (SSSR count). The van der Waals surface area contributed by atoms with Crippen molar-refractivity contribution in [2.24, 2.45) is 0 Å². The van der Waals surface area contributed by atoms with Gasteiger partial charge in [-0.3, -0.25) is 0 Å². The first-order valence-electron chi connectivity index (χ1n) is 5.27. The molecule has 1 aromatic rings. The molecule has 0 radical (unpaired) electrons. The summed E-state index contributed by atoms with van der Waals surface area (Å²) in [5.41, 5.74) is 3.36. The molecule has 0 aliphatic rings. The number of hydrogen-bond donors (Lipinski definition) is 1. The summed E-state index contributed by atoms with van der Waals surface area (Å²) in [5.74, 6) is 1.25. The highest BCUT2D eigenvalue weighted by Crippen LogP contribution is 2.34. The second kappa shape index (κ2) is 4.04. The second-order valence-corrected chi connectivity index (χ2v) is 4.60. The lowest BCUT2D eigenvalue weighted by Gasteiger charge is -2.16. The van der Waals surface area contributed by atoms with E-state index in [9.17, 15) is 5.11 Å². The summed E-state index contributed by atoms with van der Waals surface area (Å²) in [4.78, 5) is 0. The molecule has 0 fully saturated rings. The normalized spacial score (nSPS) is 11.4. The van der Waals surface area contributed by atoms with Crippen LogP contribution >= 0.6 is 0 Å². The second-order valence-electron chi connectivity index (χ2n) is 4.60. The van der Waals surface area contributed by atoms with Gasteiger partial charge in [0.2, 0.25) is 0 Å². The van der Waals surface area contributed by atoms with Crippen LogP contribution in [0.25, 0.3) is 0 Å². The highest BCUT2D eigenvalue weighted by molar-refractivity contribution is 5.46. The van der Waals surface area contributed by atoms with E-state index in [0.717, 1.165) is 11.1 Å². The van der Waals surface area contributed by atoms with Crippen molar-refractivity contribution in [3.8, 4) is 5.75 Å². The third-order valence-electron chi connectivity index (χ3n) is 2.56. The van der Waals surface area contributed by atoms with Gasteiger partial charge in [0.15, 0.2) is 0 Å². The smallest absolute Gasteiger partial charge is 0.122 e. The number of aromatic hydroxyl groups is 1. The lowest BCUT2D eigenvalue weighted by atomic mass is 9.92. The minimum absolute atomic E-state index is 0.382. The fraction of sp³-hybridized carbons (Fsp3) is 0.538. The predicted octanol–water partition coefficient (Wildman–Crippen LogP) is 3.95. The van der Waals surface area contributed by atoms with Crippen LogP contribution < -0.4 is 0 Å². The van der Waals surface area contributed by atoms with Gasteiger partial charge in [-0.2, -0.15) is 0 Å². The topological polar surface area (TPSA) is 20.2 Å². The van der Waals surface area contributed by atoms with E-state index in [1.54, 1.807) is 0 Å². The lowest BCUT2D eigenvalue weighted by molar-refractivity contribution is 0.454. The first-order valence-corrected chi connectivity index (χ1v) is 5.27. The zero-order valence-corrected chi connectivity index (χ0v) is 9.76. The highest BCUT2D eigenvalue weighted by Gasteiger charge is 2.13. The molecular formula is C13H20O. The van der Waals surface area contributed by atoms with Crippen LogP contribution in [0.5, 0.6) is 5.75 Å². The van der Waals surface area contributed by atoms with Gasteiger partial charge in [-0.15, -0.1) is 0 Å². The van der Waals surface area contributed by atoms with Crippen LogP contribution in [-0.4, -0.2) is 5.11 Å². The molecule has 1 N–H and O–H groups in total. The van der Waals surface area contributed by atoms with Crippen molar-refractivity contribution in [1.29, 1.82) is 0 Å². The fourth-order valence-electron chi connectivity index (χ4n) is 1.72. The fourth-order valence-corrected chi connectivity index (χ4v) is 1.72. The average molecular weight is 192 g/mol. The summed E-state index contributed by atoms with van der Waals surface area (Å²) in [6.45, 7) is 10.5. The Hall–Kier alpha value is -0.980. The molecule has 0 heterocycles. The molecule has 0 saturated heterocycles. The Labute approximate surface area is 86.8 Å². The summed E-state index contributed by atoms with van der Waals surface area (Å²) < 4.78 is 0. The minimum Gasteiger partial charge on any atom is -0.507 e. The maximum Gasteiger partial charge on any atom is 0.122 e. The summed E-state index contributed by atoms with van der Waals surface area (Å²) >= 11 is 0. The van der Waals surface area contributed by atoms with Crippen molar-refractivity contribution in [3.63, 3.8) is 0 Å². The molecule has 1 heteroatoms. The quantitative estimate of drug-likeness (QED) is 0.752. The summed E-state index contributed by atoms with van der Waals surface area (Å²) in [7, 11) is 0. The predicted molar refractivity (Wildman–Crippen MR) is 61.0 cm³/mol. The van der Waals surface area contributed by atoms with Crippen LogP contribution in [0.15, 0.2) is 12.1 Å². The van der Waals surface area contributed by atoms with Gasteiger partial charge in [0.25, 0.3) is 0 Å². The number of phenols is 1. The molecule has 0 unspecified atom stereocenters. The molecule has 1 nitrogen and oxygen atoms in total. The van der Waals surface area contributed by atoms with Crippen LogP contribution in [0.3, 0.4) is 0 Å². The third kappa shape index (κ3) is 2.09. The van der Waals surface area contributed by atoms with Gasteiger partial charge < -0.3 is 5.11 Å². The van der Waals surface area contributed by atoms with Crippen LogP contribution in [0.1, 0.15) is 56.2 Å². The molecule has 1 aromatic carbocycles. The van der Waals surface area contributed by atoms with E-state index in [1.807, 2.05) is 0 Å². The summed E-state index contributed by atoms with van der Waals surface area (Å²) in [5, 5.41) is 10.1. The Balaban J connectivity index is 3.32. The average Bonchev–Trinajstić information content (AvgIpc) is 2.07. The molecular weight excluding hydrogens is 172 g/mol. The maximum absolute atomic E-state index is 10.1. The molecule has 0 amide bonds. The third-order valence-corrected chi connectivity index (χ3v) is 2.56. The SMILES string of the molecule is Cc1cc(C(C)C)c(O)c(C(C)C)c1. The lowest BCUT2D eigenvalue weighted by Crippen LogP contribution is -1.96. The number of phenolic OH excluding ortho intramolecular Hbond substituents is 1. The number of aryl methyl sites for hydroxylation is 1.